The van der Waals surface area contributed by atoms with E-state index in [1.54, 1.807) is 26.1 Å². The molecule has 0 bridgehead atoms. The number of likely N-dealkylation sites (N-methyl/N-ethyl adjacent to an activating group) is 1. The van der Waals surface area contributed by atoms with E-state index in [9.17, 15) is 9.59 Å². The van der Waals surface area contributed by atoms with Crippen LogP contribution in [-0.4, -0.2) is 46.7 Å². The zero-order chi connectivity index (χ0) is 24.5. The third-order valence-electron chi connectivity index (χ3n) is 6.97. The number of hydrogen-bond donors (Lipinski definition) is 1. The predicted octanol–water partition coefficient (Wildman–Crippen LogP) is 4.80. The summed E-state index contributed by atoms with van der Waals surface area (Å²) in [5.41, 5.74) is 5.00. The molecule has 1 aliphatic carbocycles. The number of ether oxygens (including phenoxy) is 1. The van der Waals surface area contributed by atoms with Crippen molar-refractivity contribution in [2.45, 2.75) is 44.6 Å². The first-order valence-electron chi connectivity index (χ1n) is 12.0. The summed E-state index contributed by atoms with van der Waals surface area (Å²) in [5.74, 6) is 0.944. The first-order valence-corrected chi connectivity index (χ1v) is 12.0. The summed E-state index contributed by atoms with van der Waals surface area (Å²) < 4.78 is 12.4. The molecule has 2 aromatic heterocycles. The highest BCUT2D eigenvalue weighted by Gasteiger charge is 2.28. The van der Waals surface area contributed by atoms with Crippen LogP contribution in [0.5, 0.6) is 5.75 Å². The van der Waals surface area contributed by atoms with E-state index in [2.05, 4.69) is 26.8 Å². The van der Waals surface area contributed by atoms with E-state index in [0.717, 1.165) is 46.3 Å². The van der Waals surface area contributed by atoms with Crippen LogP contribution in [0.3, 0.4) is 0 Å². The number of benzene rings is 2. The van der Waals surface area contributed by atoms with Crippen molar-refractivity contribution in [3.63, 3.8) is 0 Å². The fourth-order valence-corrected chi connectivity index (χ4v) is 5.20. The fraction of sp³-hybridized carbons (Fsp3) is 0.370. The Morgan fingerprint density at radius 2 is 1.94 bits per heavy atom. The Kier molecular flexibility index (Phi) is 6.19. The number of carbonyl (C=O) groups is 1. The molecule has 4 aromatic rings. The second-order valence-corrected chi connectivity index (χ2v) is 9.38. The second kappa shape index (κ2) is 9.44. The van der Waals surface area contributed by atoms with Gasteiger partial charge in [0.25, 0.3) is 0 Å². The number of hydrogen-bond acceptors (Lipinski definition) is 5. The van der Waals surface area contributed by atoms with Crippen LogP contribution in [0.2, 0.25) is 0 Å². The lowest BCUT2D eigenvalue weighted by atomic mass is 9.81. The van der Waals surface area contributed by atoms with Crippen molar-refractivity contribution >= 4 is 16.8 Å². The first-order chi connectivity index (χ1) is 17.0. The van der Waals surface area contributed by atoms with E-state index in [1.807, 2.05) is 30.3 Å². The second-order valence-electron chi connectivity index (χ2n) is 9.38. The number of methoxy groups -OCH3 is 1. The minimum Gasteiger partial charge on any atom is -0.497 e. The number of aromatic nitrogens is 3. The highest BCUT2D eigenvalue weighted by molar-refractivity contribution is 5.96. The molecule has 1 fully saturated rings. The lowest BCUT2D eigenvalue weighted by Gasteiger charge is -2.24. The molecule has 182 valence electrons. The largest absolute Gasteiger partial charge is 0.497 e. The highest BCUT2D eigenvalue weighted by Crippen LogP contribution is 2.45. The van der Waals surface area contributed by atoms with Crippen LogP contribution in [0.25, 0.3) is 33.5 Å². The van der Waals surface area contributed by atoms with Crippen molar-refractivity contribution in [2.75, 3.05) is 21.2 Å². The Labute approximate surface area is 203 Å². The molecule has 0 radical (unpaired) electrons. The highest BCUT2D eigenvalue weighted by atomic mass is 16.5. The monoisotopic (exact) mass is 474 g/mol. The maximum Gasteiger partial charge on any atom is 0.439 e. The van der Waals surface area contributed by atoms with E-state index in [0.29, 0.717) is 11.7 Å². The Morgan fingerprint density at radius 3 is 2.63 bits per heavy atom. The molecule has 1 saturated carbocycles. The minimum atomic E-state index is -0.599. The molecule has 2 heterocycles. The molecule has 1 N–H and O–H groups in total. The number of H-pyrrole nitrogens is 1. The zero-order valence-corrected chi connectivity index (χ0v) is 20.3. The molecular weight excluding hydrogens is 444 g/mol. The molecule has 0 unspecified atom stereocenters. The zero-order valence-electron chi connectivity index (χ0n) is 20.3. The smallest absolute Gasteiger partial charge is 0.439 e. The Hall–Kier alpha value is -3.81. The molecule has 8 nitrogen and oxygen atoms in total. The van der Waals surface area contributed by atoms with Crippen LogP contribution in [0.1, 0.15) is 43.6 Å². The Morgan fingerprint density at radius 1 is 1.14 bits per heavy atom. The van der Waals surface area contributed by atoms with Gasteiger partial charge in [-0.2, -0.15) is 0 Å². The van der Waals surface area contributed by atoms with Crippen LogP contribution in [0.4, 0.5) is 0 Å². The van der Waals surface area contributed by atoms with Gasteiger partial charge in [0.1, 0.15) is 12.3 Å². The molecular formula is C27H30N4O4. The van der Waals surface area contributed by atoms with Gasteiger partial charge in [-0.05, 0) is 42.5 Å². The third kappa shape index (κ3) is 4.36. The summed E-state index contributed by atoms with van der Waals surface area (Å²) in [6, 6.07) is 14.1. The number of fused-ring (bicyclic) bond motifs is 1. The molecule has 0 aliphatic heterocycles. The number of rotatable bonds is 6. The molecule has 0 spiro atoms. The van der Waals surface area contributed by atoms with Crippen LogP contribution in [0, 0.1) is 0 Å². The van der Waals surface area contributed by atoms with Gasteiger partial charge in [-0.3, -0.25) is 14.3 Å². The van der Waals surface area contributed by atoms with Crippen molar-refractivity contribution in [1.29, 1.82) is 0 Å². The van der Waals surface area contributed by atoms with E-state index in [1.165, 1.54) is 24.8 Å². The van der Waals surface area contributed by atoms with E-state index in [-0.39, 0.29) is 12.5 Å². The summed E-state index contributed by atoms with van der Waals surface area (Å²) in [4.78, 5) is 28.8. The van der Waals surface area contributed by atoms with Gasteiger partial charge in [-0.15, -0.1) is 0 Å². The average molecular weight is 475 g/mol. The molecule has 0 saturated heterocycles. The summed E-state index contributed by atoms with van der Waals surface area (Å²) in [5, 5.41) is 4.99. The topological polar surface area (TPSA) is 93.4 Å². The summed E-state index contributed by atoms with van der Waals surface area (Å²) in [6.45, 7) is 0.196. The molecule has 1 aliphatic rings. The maximum absolute atomic E-state index is 13.0. The Bertz CT molecular complexity index is 1420. The van der Waals surface area contributed by atoms with Crippen LogP contribution >= 0.6 is 0 Å². The summed E-state index contributed by atoms with van der Waals surface area (Å²) in [7, 11) is 5.21. The maximum atomic E-state index is 13.0. The van der Waals surface area contributed by atoms with Gasteiger partial charge in [0.15, 0.2) is 5.82 Å². The first kappa shape index (κ1) is 23.0. The van der Waals surface area contributed by atoms with Gasteiger partial charge in [0.05, 0.1) is 18.3 Å². The van der Waals surface area contributed by atoms with Crippen LogP contribution in [-0.2, 0) is 11.3 Å². The van der Waals surface area contributed by atoms with Gasteiger partial charge in [0, 0.05) is 30.6 Å². The van der Waals surface area contributed by atoms with Gasteiger partial charge in [-0.25, -0.2) is 4.79 Å². The van der Waals surface area contributed by atoms with Crippen molar-refractivity contribution in [1.82, 2.24) is 19.6 Å². The van der Waals surface area contributed by atoms with Gasteiger partial charge >= 0.3 is 5.76 Å². The van der Waals surface area contributed by atoms with Crippen molar-refractivity contribution in [2.24, 2.45) is 0 Å². The standard InChI is InChI=1S/C27H30N4O4/c1-30(2)23(32)16-31-22-15-19(26-28-27(33)35-29-26)12-13-21(22)24(17-8-5-4-6-9-17)25(31)18-10-7-11-20(14-18)34-3/h7,10-15,17H,4-6,8-9,16H2,1-3H3,(H,28,29,33). The minimum absolute atomic E-state index is 0.00138. The average Bonchev–Trinajstić information content (AvgIpc) is 3.45. The predicted molar refractivity (Wildman–Crippen MR) is 135 cm³/mol. The van der Waals surface area contributed by atoms with Gasteiger partial charge < -0.3 is 14.2 Å². The molecule has 1 amide bonds. The molecule has 0 atom stereocenters. The fourth-order valence-electron chi connectivity index (χ4n) is 5.20. The van der Waals surface area contributed by atoms with Crippen LogP contribution in [0.15, 0.2) is 51.8 Å². The third-order valence-corrected chi connectivity index (χ3v) is 6.97. The van der Waals surface area contributed by atoms with Gasteiger partial charge in [-0.1, -0.05) is 48.7 Å². The SMILES string of the molecule is COc1cccc(-c2c(C3CCCCC3)c3ccc(-c4noc(=O)[nH]4)cc3n2CC(=O)N(C)C)c1. The van der Waals surface area contributed by atoms with E-state index in [4.69, 9.17) is 9.26 Å². The summed E-state index contributed by atoms with van der Waals surface area (Å²) >= 11 is 0. The van der Waals surface area contributed by atoms with Crippen molar-refractivity contribution in [3.05, 3.63) is 58.6 Å². The molecule has 8 heteroatoms. The van der Waals surface area contributed by atoms with Gasteiger partial charge in [0.2, 0.25) is 5.91 Å². The lowest BCUT2D eigenvalue weighted by Crippen LogP contribution is -2.26. The lowest BCUT2D eigenvalue weighted by molar-refractivity contribution is -0.129. The van der Waals surface area contributed by atoms with Crippen molar-refractivity contribution < 1.29 is 14.1 Å². The molecule has 35 heavy (non-hydrogen) atoms. The molecule has 5 rings (SSSR count). The number of nitrogens with one attached hydrogen (secondary N) is 1. The number of amides is 1. The Balaban J connectivity index is 1.81. The molecule has 2 aromatic carbocycles. The quantitative estimate of drug-likeness (QED) is 0.433. The van der Waals surface area contributed by atoms with Crippen molar-refractivity contribution in [3.8, 4) is 28.4 Å². The summed E-state index contributed by atoms with van der Waals surface area (Å²) in [6.07, 6.45) is 5.89. The van der Waals surface area contributed by atoms with E-state index >= 15 is 0 Å². The number of aromatic amines is 1. The number of carbonyl (C=O) groups excluding carboxylic acids is 1. The van der Waals surface area contributed by atoms with E-state index < -0.39 is 5.76 Å². The number of nitrogens with zero attached hydrogens (tertiary/aromatic N) is 3. The normalized spacial score (nSPS) is 14.4. The van der Waals surface area contributed by atoms with Crippen LogP contribution < -0.4 is 10.5 Å².